The molecule has 1 aliphatic rings. The lowest BCUT2D eigenvalue weighted by molar-refractivity contribution is -0.144. The summed E-state index contributed by atoms with van der Waals surface area (Å²) in [5.41, 5.74) is -0.0539. The van der Waals surface area contributed by atoms with Gasteiger partial charge in [0.1, 0.15) is 12.4 Å². The van der Waals surface area contributed by atoms with E-state index in [-0.39, 0.29) is 29.3 Å². The molecular formula is C13H14ClFN2O3. The predicted molar refractivity (Wildman–Crippen MR) is 72.0 cm³/mol. The highest BCUT2D eigenvalue weighted by atomic mass is 35.5. The fourth-order valence-corrected chi connectivity index (χ4v) is 2.00. The molecule has 1 saturated heterocycles. The van der Waals surface area contributed by atoms with Crippen molar-refractivity contribution in [2.75, 3.05) is 25.0 Å². The minimum absolute atomic E-state index is 0.0209. The van der Waals surface area contributed by atoms with Gasteiger partial charge in [0.15, 0.2) is 0 Å². The van der Waals surface area contributed by atoms with Crippen LogP contribution >= 0.6 is 11.6 Å². The Morgan fingerprint density at radius 1 is 1.50 bits per heavy atom. The van der Waals surface area contributed by atoms with E-state index in [1.165, 1.54) is 25.1 Å². The summed E-state index contributed by atoms with van der Waals surface area (Å²) in [6.45, 7) is 2.22. The highest BCUT2D eigenvalue weighted by molar-refractivity contribution is 6.33. The third kappa shape index (κ3) is 3.46. The predicted octanol–water partition coefficient (Wildman–Crippen LogP) is 1.66. The Morgan fingerprint density at radius 2 is 2.20 bits per heavy atom. The van der Waals surface area contributed by atoms with Gasteiger partial charge in [-0.05, 0) is 12.1 Å². The Hall–Kier alpha value is -1.66. The number of ether oxygens (including phenoxy) is 1. The summed E-state index contributed by atoms with van der Waals surface area (Å²) in [5.74, 6) is -1.11. The van der Waals surface area contributed by atoms with E-state index < -0.39 is 11.7 Å². The van der Waals surface area contributed by atoms with Gasteiger partial charge in [-0.25, -0.2) is 4.39 Å². The number of carbonyl (C=O) groups excluding carboxylic acids is 2. The summed E-state index contributed by atoms with van der Waals surface area (Å²) in [6, 6.07) is 4.14. The highest BCUT2D eigenvalue weighted by Crippen LogP contribution is 2.24. The molecule has 0 aliphatic carbocycles. The van der Waals surface area contributed by atoms with Crippen LogP contribution in [0.2, 0.25) is 5.02 Å². The van der Waals surface area contributed by atoms with Crippen LogP contribution in [0.4, 0.5) is 10.1 Å². The number of benzene rings is 1. The second-order valence-electron chi connectivity index (χ2n) is 4.50. The van der Waals surface area contributed by atoms with Crippen LogP contribution < -0.4 is 5.32 Å². The zero-order valence-corrected chi connectivity index (χ0v) is 11.6. The third-order valence-corrected chi connectivity index (χ3v) is 3.29. The van der Waals surface area contributed by atoms with Gasteiger partial charge in [-0.3, -0.25) is 9.59 Å². The summed E-state index contributed by atoms with van der Waals surface area (Å²) >= 11 is 5.79. The molecular weight excluding hydrogens is 287 g/mol. The van der Waals surface area contributed by atoms with Crippen LogP contribution in [0.5, 0.6) is 0 Å². The molecule has 0 atom stereocenters. The van der Waals surface area contributed by atoms with Crippen LogP contribution in [0.15, 0.2) is 18.2 Å². The number of rotatable bonds is 4. The molecule has 2 amide bonds. The SMILES string of the molecule is CC(=O)N1CC(OCC(=O)Nc2c(F)cccc2Cl)C1. The van der Waals surface area contributed by atoms with E-state index >= 15 is 0 Å². The zero-order chi connectivity index (χ0) is 14.7. The monoisotopic (exact) mass is 300 g/mol. The van der Waals surface area contributed by atoms with E-state index in [9.17, 15) is 14.0 Å². The number of hydrogen-bond donors (Lipinski definition) is 1. The summed E-state index contributed by atoms with van der Waals surface area (Å²) in [4.78, 5) is 24.2. The smallest absolute Gasteiger partial charge is 0.250 e. The Kier molecular flexibility index (Phi) is 4.57. The fraction of sp³-hybridized carbons (Fsp3) is 0.385. The number of halogens is 2. The lowest BCUT2D eigenvalue weighted by Gasteiger charge is -2.38. The van der Waals surface area contributed by atoms with Crippen LogP contribution in [-0.2, 0) is 14.3 Å². The van der Waals surface area contributed by atoms with Gasteiger partial charge < -0.3 is 15.0 Å². The van der Waals surface area contributed by atoms with Crippen molar-refractivity contribution in [1.29, 1.82) is 0 Å². The maximum atomic E-state index is 13.4. The molecule has 5 nitrogen and oxygen atoms in total. The molecule has 0 saturated carbocycles. The van der Waals surface area contributed by atoms with Crippen molar-refractivity contribution < 1.29 is 18.7 Å². The van der Waals surface area contributed by atoms with Gasteiger partial charge in [-0.1, -0.05) is 17.7 Å². The number of para-hydroxylation sites is 1. The van der Waals surface area contributed by atoms with E-state index in [1.807, 2.05) is 0 Å². The van der Waals surface area contributed by atoms with E-state index in [0.717, 1.165) is 0 Å². The summed E-state index contributed by atoms with van der Waals surface area (Å²) < 4.78 is 18.7. The van der Waals surface area contributed by atoms with Crippen molar-refractivity contribution in [2.24, 2.45) is 0 Å². The van der Waals surface area contributed by atoms with Gasteiger partial charge in [0.05, 0.1) is 16.8 Å². The minimum atomic E-state index is -0.600. The van der Waals surface area contributed by atoms with E-state index in [2.05, 4.69) is 5.32 Å². The first kappa shape index (κ1) is 14.7. The molecule has 1 aliphatic heterocycles. The van der Waals surface area contributed by atoms with Crippen LogP contribution in [0.1, 0.15) is 6.92 Å². The molecule has 20 heavy (non-hydrogen) atoms. The lowest BCUT2D eigenvalue weighted by atomic mass is 10.2. The molecule has 1 heterocycles. The normalized spacial score (nSPS) is 14.8. The van der Waals surface area contributed by atoms with Gasteiger partial charge in [-0.15, -0.1) is 0 Å². The third-order valence-electron chi connectivity index (χ3n) is 2.97. The second kappa shape index (κ2) is 6.19. The van der Waals surface area contributed by atoms with E-state index in [1.54, 1.807) is 4.90 Å². The standard InChI is InChI=1S/C13H14ClFN2O3/c1-8(18)17-5-9(6-17)20-7-12(19)16-13-10(14)3-2-4-11(13)15/h2-4,9H,5-7H2,1H3,(H,16,19). The number of likely N-dealkylation sites (tertiary alicyclic amines) is 1. The van der Waals surface area contributed by atoms with Crippen LogP contribution in [0, 0.1) is 5.82 Å². The Bertz CT molecular complexity index is 512. The van der Waals surface area contributed by atoms with Gasteiger partial charge in [0, 0.05) is 20.0 Å². The first-order valence-electron chi connectivity index (χ1n) is 6.08. The molecule has 0 bridgehead atoms. The summed E-state index contributed by atoms with van der Waals surface area (Å²) in [5, 5.41) is 2.49. The summed E-state index contributed by atoms with van der Waals surface area (Å²) in [6.07, 6.45) is -0.152. The first-order chi connectivity index (χ1) is 9.47. The number of anilines is 1. The number of carbonyl (C=O) groups is 2. The van der Waals surface area contributed by atoms with Gasteiger partial charge >= 0.3 is 0 Å². The van der Waals surface area contributed by atoms with Crippen molar-refractivity contribution in [3.05, 3.63) is 29.0 Å². The van der Waals surface area contributed by atoms with Crippen molar-refractivity contribution in [2.45, 2.75) is 13.0 Å². The highest BCUT2D eigenvalue weighted by Gasteiger charge is 2.29. The van der Waals surface area contributed by atoms with Crippen molar-refractivity contribution in [1.82, 2.24) is 4.90 Å². The molecule has 0 aromatic heterocycles. The maximum absolute atomic E-state index is 13.4. The molecule has 1 fully saturated rings. The largest absolute Gasteiger partial charge is 0.365 e. The van der Waals surface area contributed by atoms with Crippen LogP contribution in [0.25, 0.3) is 0 Å². The topological polar surface area (TPSA) is 58.6 Å². The molecule has 1 aromatic rings. The lowest BCUT2D eigenvalue weighted by Crippen LogP contribution is -2.54. The van der Waals surface area contributed by atoms with Gasteiger partial charge in [0.25, 0.3) is 5.91 Å². The molecule has 0 radical (unpaired) electrons. The van der Waals surface area contributed by atoms with E-state index in [4.69, 9.17) is 16.3 Å². The van der Waals surface area contributed by atoms with Crippen LogP contribution in [-0.4, -0.2) is 42.5 Å². The molecule has 1 N–H and O–H groups in total. The van der Waals surface area contributed by atoms with Gasteiger partial charge in [-0.2, -0.15) is 0 Å². The number of nitrogens with zero attached hydrogens (tertiary/aromatic N) is 1. The van der Waals surface area contributed by atoms with Crippen molar-refractivity contribution in [3.63, 3.8) is 0 Å². The summed E-state index contributed by atoms with van der Waals surface area (Å²) in [7, 11) is 0. The van der Waals surface area contributed by atoms with Gasteiger partial charge in [0.2, 0.25) is 5.91 Å². The average molecular weight is 301 g/mol. The second-order valence-corrected chi connectivity index (χ2v) is 4.91. The number of nitrogens with one attached hydrogen (secondary N) is 1. The molecule has 0 spiro atoms. The van der Waals surface area contributed by atoms with E-state index in [0.29, 0.717) is 13.1 Å². The molecule has 108 valence electrons. The Morgan fingerprint density at radius 3 is 2.80 bits per heavy atom. The van der Waals surface area contributed by atoms with Crippen molar-refractivity contribution >= 4 is 29.1 Å². The fourth-order valence-electron chi connectivity index (χ4n) is 1.79. The van der Waals surface area contributed by atoms with Crippen LogP contribution in [0.3, 0.4) is 0 Å². The zero-order valence-electron chi connectivity index (χ0n) is 10.9. The molecule has 1 aromatic carbocycles. The van der Waals surface area contributed by atoms with Crippen molar-refractivity contribution in [3.8, 4) is 0 Å². The number of amides is 2. The average Bonchev–Trinajstić information content (AvgIpc) is 2.31. The molecule has 7 heteroatoms. The quantitative estimate of drug-likeness (QED) is 0.920. The first-order valence-corrected chi connectivity index (χ1v) is 6.46. The molecule has 2 rings (SSSR count). The molecule has 0 unspecified atom stereocenters. The minimum Gasteiger partial charge on any atom is -0.365 e. The Balaban J connectivity index is 1.78. The number of hydrogen-bond acceptors (Lipinski definition) is 3. The maximum Gasteiger partial charge on any atom is 0.250 e. The Labute approximate surface area is 120 Å².